The van der Waals surface area contributed by atoms with Crippen LogP contribution in [0.2, 0.25) is 0 Å². The maximum Gasteiger partial charge on any atom is 0.339 e. The minimum absolute atomic E-state index is 0.319. The standard InChI is InChI=1S/C16H24N2O2S/c1-21-10-6-2-5-9-17-15-13(16(19)20)11-12-7-3-4-8-14(12)18-15/h11H,2-10H2,1H3,(H,17,18)(H,19,20). The molecular formula is C16H24N2O2S. The van der Waals surface area contributed by atoms with Gasteiger partial charge >= 0.3 is 5.97 Å². The fourth-order valence-electron chi connectivity index (χ4n) is 2.69. The first-order valence-corrected chi connectivity index (χ1v) is 9.10. The Balaban J connectivity index is 1.98. The van der Waals surface area contributed by atoms with Crippen LogP contribution in [0.5, 0.6) is 0 Å². The molecule has 0 unspecified atom stereocenters. The maximum absolute atomic E-state index is 11.4. The average molecular weight is 308 g/mol. The number of pyridine rings is 1. The number of nitrogens with one attached hydrogen (secondary N) is 1. The van der Waals surface area contributed by atoms with Crippen LogP contribution in [0.3, 0.4) is 0 Å². The number of aromatic nitrogens is 1. The largest absolute Gasteiger partial charge is 0.478 e. The summed E-state index contributed by atoms with van der Waals surface area (Å²) < 4.78 is 0. The van der Waals surface area contributed by atoms with Crippen molar-refractivity contribution >= 4 is 23.5 Å². The Bertz CT molecular complexity index is 491. The van der Waals surface area contributed by atoms with Gasteiger partial charge in [0.1, 0.15) is 11.4 Å². The summed E-state index contributed by atoms with van der Waals surface area (Å²) in [4.78, 5) is 16.0. The predicted molar refractivity (Wildman–Crippen MR) is 88.6 cm³/mol. The molecule has 4 nitrogen and oxygen atoms in total. The van der Waals surface area contributed by atoms with Gasteiger partial charge in [-0.3, -0.25) is 0 Å². The van der Waals surface area contributed by atoms with E-state index in [1.165, 1.54) is 18.6 Å². The molecule has 116 valence electrons. The zero-order valence-electron chi connectivity index (χ0n) is 12.7. The molecule has 0 aliphatic heterocycles. The number of aryl methyl sites for hydroxylation is 2. The SMILES string of the molecule is CSCCCCCNc1nc2c(cc1C(=O)O)CCCC2. The van der Waals surface area contributed by atoms with Crippen LogP contribution >= 0.6 is 11.8 Å². The molecule has 0 atom stereocenters. The average Bonchev–Trinajstić information content (AvgIpc) is 2.49. The molecule has 2 N–H and O–H groups in total. The molecule has 1 aromatic heterocycles. The van der Waals surface area contributed by atoms with Crippen LogP contribution in [-0.4, -0.2) is 34.6 Å². The van der Waals surface area contributed by atoms with E-state index in [0.717, 1.165) is 49.9 Å². The molecule has 21 heavy (non-hydrogen) atoms. The summed E-state index contributed by atoms with van der Waals surface area (Å²) in [5.41, 5.74) is 2.51. The maximum atomic E-state index is 11.4. The van der Waals surface area contributed by atoms with Gasteiger partial charge in [0, 0.05) is 12.2 Å². The number of nitrogens with zero attached hydrogens (tertiary/aromatic N) is 1. The molecule has 0 aromatic carbocycles. The lowest BCUT2D eigenvalue weighted by molar-refractivity contribution is 0.0697. The van der Waals surface area contributed by atoms with Crippen LogP contribution in [0.4, 0.5) is 5.82 Å². The molecule has 1 aliphatic carbocycles. The molecular weight excluding hydrogens is 284 g/mol. The van der Waals surface area contributed by atoms with Crippen LogP contribution in [0.25, 0.3) is 0 Å². The Morgan fingerprint density at radius 1 is 1.33 bits per heavy atom. The fraction of sp³-hybridized carbons (Fsp3) is 0.625. The van der Waals surface area contributed by atoms with Crippen molar-refractivity contribution in [3.63, 3.8) is 0 Å². The van der Waals surface area contributed by atoms with Crippen LogP contribution in [0.1, 0.15) is 53.7 Å². The Hall–Kier alpha value is -1.23. The Morgan fingerprint density at radius 2 is 2.14 bits per heavy atom. The van der Waals surface area contributed by atoms with Crippen LogP contribution < -0.4 is 5.32 Å². The lowest BCUT2D eigenvalue weighted by Gasteiger charge is -2.18. The molecule has 5 heteroatoms. The second-order valence-corrected chi connectivity index (χ2v) is 6.47. The second kappa shape index (κ2) is 8.27. The van der Waals surface area contributed by atoms with Gasteiger partial charge in [-0.25, -0.2) is 9.78 Å². The van der Waals surface area contributed by atoms with Gasteiger partial charge in [-0.2, -0.15) is 11.8 Å². The third-order valence-electron chi connectivity index (χ3n) is 3.85. The van der Waals surface area contributed by atoms with E-state index in [0.29, 0.717) is 11.4 Å². The van der Waals surface area contributed by atoms with E-state index >= 15 is 0 Å². The van der Waals surface area contributed by atoms with Gasteiger partial charge in [0.2, 0.25) is 0 Å². The van der Waals surface area contributed by atoms with Crippen molar-refractivity contribution in [1.82, 2.24) is 4.98 Å². The highest BCUT2D eigenvalue weighted by Gasteiger charge is 2.18. The van der Waals surface area contributed by atoms with Gasteiger partial charge in [-0.1, -0.05) is 6.42 Å². The quantitative estimate of drug-likeness (QED) is 0.718. The van der Waals surface area contributed by atoms with E-state index in [4.69, 9.17) is 0 Å². The number of unbranched alkanes of at least 4 members (excludes halogenated alkanes) is 2. The summed E-state index contributed by atoms with van der Waals surface area (Å²) >= 11 is 1.87. The molecule has 1 heterocycles. The molecule has 1 aromatic rings. The molecule has 0 fully saturated rings. The highest BCUT2D eigenvalue weighted by molar-refractivity contribution is 7.98. The highest BCUT2D eigenvalue weighted by atomic mass is 32.2. The van der Waals surface area contributed by atoms with E-state index in [2.05, 4.69) is 16.6 Å². The number of thioether (sulfide) groups is 1. The first-order valence-electron chi connectivity index (χ1n) is 7.71. The smallest absolute Gasteiger partial charge is 0.339 e. The molecule has 1 aliphatic rings. The van der Waals surface area contributed by atoms with E-state index in [1.807, 2.05) is 17.8 Å². The number of carboxylic acid groups (broad SMARTS) is 1. The number of carboxylic acids is 1. The van der Waals surface area contributed by atoms with E-state index in [-0.39, 0.29) is 0 Å². The topological polar surface area (TPSA) is 62.2 Å². The summed E-state index contributed by atoms with van der Waals surface area (Å²) in [6.45, 7) is 0.792. The van der Waals surface area contributed by atoms with E-state index in [9.17, 15) is 9.90 Å². The summed E-state index contributed by atoms with van der Waals surface area (Å²) in [6.07, 6.45) is 9.77. The van der Waals surface area contributed by atoms with Gasteiger partial charge < -0.3 is 10.4 Å². The third kappa shape index (κ3) is 4.63. The summed E-state index contributed by atoms with van der Waals surface area (Å²) in [5, 5.41) is 12.6. The number of rotatable bonds is 8. The van der Waals surface area contributed by atoms with Gasteiger partial charge in [0.25, 0.3) is 0 Å². The molecule has 0 spiro atoms. The molecule has 2 rings (SSSR count). The highest BCUT2D eigenvalue weighted by Crippen LogP contribution is 2.24. The molecule has 0 amide bonds. The zero-order chi connectivity index (χ0) is 15.1. The van der Waals surface area contributed by atoms with E-state index in [1.54, 1.807) is 0 Å². The lowest BCUT2D eigenvalue weighted by Crippen LogP contribution is -2.14. The van der Waals surface area contributed by atoms with Crippen LogP contribution in [-0.2, 0) is 12.8 Å². The van der Waals surface area contributed by atoms with Gasteiger partial charge in [-0.05, 0) is 62.2 Å². The number of fused-ring (bicyclic) bond motifs is 1. The first-order chi connectivity index (χ1) is 10.2. The predicted octanol–water partition coefficient (Wildman–Crippen LogP) is 3.60. The number of hydrogen-bond acceptors (Lipinski definition) is 4. The number of aromatic carboxylic acids is 1. The molecule has 0 radical (unpaired) electrons. The summed E-state index contributed by atoms with van der Waals surface area (Å²) in [5.74, 6) is 0.853. The van der Waals surface area contributed by atoms with Crippen molar-refractivity contribution in [2.24, 2.45) is 0 Å². The first kappa shape index (κ1) is 16.1. The molecule has 0 saturated carbocycles. The lowest BCUT2D eigenvalue weighted by atomic mass is 9.94. The van der Waals surface area contributed by atoms with Gasteiger partial charge in [-0.15, -0.1) is 0 Å². The van der Waals surface area contributed by atoms with Crippen molar-refractivity contribution < 1.29 is 9.90 Å². The number of carbonyl (C=O) groups is 1. The number of hydrogen-bond donors (Lipinski definition) is 2. The summed E-state index contributed by atoms with van der Waals surface area (Å²) in [6, 6.07) is 1.82. The third-order valence-corrected chi connectivity index (χ3v) is 4.55. The number of anilines is 1. The second-order valence-electron chi connectivity index (χ2n) is 5.48. The van der Waals surface area contributed by atoms with E-state index < -0.39 is 5.97 Å². The monoisotopic (exact) mass is 308 g/mol. The van der Waals surface area contributed by atoms with Crippen LogP contribution in [0, 0.1) is 0 Å². The Kier molecular flexibility index (Phi) is 6.36. The molecule has 0 bridgehead atoms. The minimum atomic E-state index is -0.888. The minimum Gasteiger partial charge on any atom is -0.478 e. The van der Waals surface area contributed by atoms with Crippen LogP contribution in [0.15, 0.2) is 6.07 Å². The van der Waals surface area contributed by atoms with Gasteiger partial charge in [0.15, 0.2) is 0 Å². The summed E-state index contributed by atoms with van der Waals surface area (Å²) in [7, 11) is 0. The van der Waals surface area contributed by atoms with Crippen molar-refractivity contribution in [1.29, 1.82) is 0 Å². The fourth-order valence-corrected chi connectivity index (χ4v) is 3.18. The normalized spacial score (nSPS) is 13.8. The Morgan fingerprint density at radius 3 is 2.90 bits per heavy atom. The van der Waals surface area contributed by atoms with Crippen molar-refractivity contribution in [3.05, 3.63) is 22.9 Å². The molecule has 0 saturated heterocycles. The zero-order valence-corrected chi connectivity index (χ0v) is 13.5. The van der Waals surface area contributed by atoms with Crippen molar-refractivity contribution in [2.45, 2.75) is 44.9 Å². The Labute approximate surface area is 130 Å². The van der Waals surface area contributed by atoms with Crippen molar-refractivity contribution in [3.8, 4) is 0 Å². The van der Waals surface area contributed by atoms with Gasteiger partial charge in [0.05, 0.1) is 0 Å². The van der Waals surface area contributed by atoms with Crippen molar-refractivity contribution in [2.75, 3.05) is 23.9 Å².